The van der Waals surface area contributed by atoms with Crippen LogP contribution in [0.4, 0.5) is 8.78 Å². The normalized spacial score (nSPS) is 18.1. The number of carbonyl (C=O) groups is 2. The molecule has 1 fully saturated rings. The minimum Gasteiger partial charge on any atom is -0.365 e. The molecule has 1 aromatic carbocycles. The Kier molecular flexibility index (Phi) is 5.48. The minimum atomic E-state index is -2.58. The first-order chi connectivity index (χ1) is 14.1. The number of hydrogen-bond acceptors (Lipinski definition) is 3. The van der Waals surface area contributed by atoms with Crippen molar-refractivity contribution < 1.29 is 18.4 Å². The number of hydrogen-bond donors (Lipinski definition) is 1. The van der Waals surface area contributed by atoms with Crippen LogP contribution < -0.4 is 5.73 Å². The third-order valence-corrected chi connectivity index (χ3v) is 6.45. The molecular formula is C20H20Cl2F2N4O2. The fourth-order valence-corrected chi connectivity index (χ4v) is 4.41. The molecule has 0 unspecified atom stereocenters. The highest BCUT2D eigenvalue weighted by atomic mass is 35.5. The monoisotopic (exact) mass is 456 g/mol. The van der Waals surface area contributed by atoms with Crippen molar-refractivity contribution in [1.82, 2.24) is 14.7 Å². The summed E-state index contributed by atoms with van der Waals surface area (Å²) in [6.07, 6.45) is 0.361. The number of halogens is 4. The second kappa shape index (κ2) is 7.81. The van der Waals surface area contributed by atoms with Gasteiger partial charge in [0.1, 0.15) is 5.69 Å². The Labute approximate surface area is 181 Å². The first-order valence-corrected chi connectivity index (χ1v) is 10.4. The van der Waals surface area contributed by atoms with Crippen LogP contribution in [0.1, 0.15) is 41.7 Å². The molecule has 2 aliphatic rings. The topological polar surface area (TPSA) is 81.2 Å². The summed E-state index contributed by atoms with van der Waals surface area (Å²) in [5.74, 6) is -3.46. The smallest absolute Gasteiger partial charge is 0.252 e. The fraction of sp³-hybridized carbons (Fsp3) is 0.450. The molecule has 4 rings (SSSR count). The number of rotatable bonds is 5. The molecule has 1 aliphatic heterocycles. The van der Waals surface area contributed by atoms with Gasteiger partial charge in [0, 0.05) is 31.4 Å². The summed E-state index contributed by atoms with van der Waals surface area (Å²) in [4.78, 5) is 26.5. The van der Waals surface area contributed by atoms with E-state index in [4.69, 9.17) is 28.9 Å². The highest BCUT2D eigenvalue weighted by molar-refractivity contribution is 6.42. The highest BCUT2D eigenvalue weighted by Gasteiger charge is 2.45. The van der Waals surface area contributed by atoms with Crippen molar-refractivity contribution in [2.75, 3.05) is 6.54 Å². The molecule has 2 heterocycles. The van der Waals surface area contributed by atoms with Gasteiger partial charge in [-0.05, 0) is 24.5 Å². The molecule has 1 saturated carbocycles. The first kappa shape index (κ1) is 21.1. The molecule has 30 heavy (non-hydrogen) atoms. The number of alkyl halides is 2. The number of aromatic nitrogens is 2. The number of nitrogens with two attached hydrogens (primary N) is 1. The number of carbonyl (C=O) groups excluding carboxylic acids is 2. The largest absolute Gasteiger partial charge is 0.365 e. The van der Waals surface area contributed by atoms with Crippen LogP contribution in [0.15, 0.2) is 18.2 Å². The van der Waals surface area contributed by atoms with Crippen LogP contribution in [0.2, 0.25) is 10.0 Å². The summed E-state index contributed by atoms with van der Waals surface area (Å²) in [5.41, 5.74) is 7.42. The van der Waals surface area contributed by atoms with Crippen LogP contribution in [0.3, 0.4) is 0 Å². The van der Waals surface area contributed by atoms with Crippen LogP contribution >= 0.6 is 23.2 Å². The molecule has 0 atom stereocenters. The summed E-state index contributed by atoms with van der Waals surface area (Å²) in [6.45, 7) is 1.02. The summed E-state index contributed by atoms with van der Waals surface area (Å²) in [6, 6.07) is 4.93. The van der Waals surface area contributed by atoms with Crippen LogP contribution in [-0.2, 0) is 17.9 Å². The van der Waals surface area contributed by atoms with Gasteiger partial charge in [0.15, 0.2) is 0 Å². The second-order valence-corrected chi connectivity index (χ2v) is 8.69. The standard InChI is InChI=1S/C20H20Cl2F2N4O2/c21-13-3-2-12(7-14(13)22)18-17(19(25)30)15-10-27(5-6-28(15)26-18)16(29)4-1-11-8-20(23,24)9-11/h2-3,7,11H,1,4-6,8-10H2,(H2,25,30). The van der Waals surface area contributed by atoms with E-state index in [1.54, 1.807) is 27.8 Å². The highest BCUT2D eigenvalue weighted by Crippen LogP contribution is 2.44. The average molecular weight is 457 g/mol. The molecule has 1 aliphatic carbocycles. The summed E-state index contributed by atoms with van der Waals surface area (Å²) >= 11 is 12.1. The van der Waals surface area contributed by atoms with Gasteiger partial charge in [0.2, 0.25) is 11.8 Å². The van der Waals surface area contributed by atoms with Crippen molar-refractivity contribution >= 4 is 35.0 Å². The second-order valence-electron chi connectivity index (χ2n) is 7.87. The van der Waals surface area contributed by atoms with Crippen LogP contribution in [0.5, 0.6) is 0 Å². The van der Waals surface area contributed by atoms with E-state index < -0.39 is 11.8 Å². The van der Waals surface area contributed by atoms with E-state index in [1.807, 2.05) is 0 Å². The van der Waals surface area contributed by atoms with Gasteiger partial charge in [-0.3, -0.25) is 14.3 Å². The Morgan fingerprint density at radius 3 is 2.57 bits per heavy atom. The lowest BCUT2D eigenvalue weighted by atomic mass is 9.78. The molecule has 2 N–H and O–H groups in total. The SMILES string of the molecule is NC(=O)c1c(-c2ccc(Cl)c(Cl)c2)nn2c1CN(C(=O)CCC1CC(F)(F)C1)CC2. The van der Waals surface area contributed by atoms with Crippen molar-refractivity contribution in [2.24, 2.45) is 11.7 Å². The number of nitrogens with zero attached hydrogens (tertiary/aromatic N) is 3. The molecule has 2 amide bonds. The van der Waals surface area contributed by atoms with E-state index in [9.17, 15) is 18.4 Å². The quantitative estimate of drug-likeness (QED) is 0.734. The number of amides is 2. The van der Waals surface area contributed by atoms with Crippen molar-refractivity contribution in [2.45, 2.75) is 44.7 Å². The maximum Gasteiger partial charge on any atom is 0.252 e. The lowest BCUT2D eigenvalue weighted by Crippen LogP contribution is -2.40. The average Bonchev–Trinajstić information content (AvgIpc) is 3.05. The first-order valence-electron chi connectivity index (χ1n) is 9.65. The molecule has 2 aromatic rings. The molecular weight excluding hydrogens is 437 g/mol. The number of benzene rings is 1. The van der Waals surface area contributed by atoms with Gasteiger partial charge in [0.05, 0.1) is 34.4 Å². The maximum atomic E-state index is 13.0. The van der Waals surface area contributed by atoms with E-state index in [1.165, 1.54) is 0 Å². The van der Waals surface area contributed by atoms with E-state index in [-0.39, 0.29) is 43.2 Å². The third-order valence-electron chi connectivity index (χ3n) is 5.71. The van der Waals surface area contributed by atoms with E-state index >= 15 is 0 Å². The van der Waals surface area contributed by atoms with Crippen molar-refractivity contribution in [1.29, 1.82) is 0 Å². The van der Waals surface area contributed by atoms with E-state index in [0.717, 1.165) is 0 Å². The van der Waals surface area contributed by atoms with Crippen LogP contribution in [-0.4, -0.2) is 39.0 Å². The Balaban J connectivity index is 1.52. The molecule has 0 saturated heterocycles. The third kappa shape index (κ3) is 4.03. The molecule has 0 spiro atoms. The number of primary amides is 1. The van der Waals surface area contributed by atoms with Gasteiger partial charge in [0.25, 0.3) is 5.91 Å². The Bertz CT molecular complexity index is 1020. The summed E-state index contributed by atoms with van der Waals surface area (Å²) < 4.78 is 27.6. The van der Waals surface area contributed by atoms with Gasteiger partial charge in [-0.15, -0.1) is 0 Å². The molecule has 0 bridgehead atoms. The van der Waals surface area contributed by atoms with Gasteiger partial charge in [-0.1, -0.05) is 29.3 Å². The van der Waals surface area contributed by atoms with Gasteiger partial charge in [-0.2, -0.15) is 5.10 Å². The van der Waals surface area contributed by atoms with Crippen LogP contribution in [0.25, 0.3) is 11.3 Å². The van der Waals surface area contributed by atoms with Crippen molar-refractivity contribution in [3.63, 3.8) is 0 Å². The van der Waals surface area contributed by atoms with E-state index in [0.29, 0.717) is 46.5 Å². The van der Waals surface area contributed by atoms with Gasteiger partial charge >= 0.3 is 0 Å². The zero-order valence-corrected chi connectivity index (χ0v) is 17.5. The lowest BCUT2D eigenvalue weighted by molar-refractivity contribution is -0.136. The Morgan fingerprint density at radius 2 is 1.93 bits per heavy atom. The molecule has 160 valence electrons. The van der Waals surface area contributed by atoms with Gasteiger partial charge in [-0.25, -0.2) is 8.78 Å². The summed E-state index contributed by atoms with van der Waals surface area (Å²) in [5, 5.41) is 5.22. The maximum absolute atomic E-state index is 13.0. The number of fused-ring (bicyclic) bond motifs is 1. The van der Waals surface area contributed by atoms with Crippen LogP contribution in [0, 0.1) is 5.92 Å². The van der Waals surface area contributed by atoms with Crippen molar-refractivity contribution in [3.8, 4) is 11.3 Å². The predicted octanol–water partition coefficient (Wildman–Crippen LogP) is 4.12. The molecule has 1 aromatic heterocycles. The molecule has 0 radical (unpaired) electrons. The Hall–Kier alpha value is -2.19. The molecule has 10 heteroatoms. The molecule has 6 nitrogen and oxygen atoms in total. The zero-order valence-electron chi connectivity index (χ0n) is 16.0. The zero-order chi connectivity index (χ0) is 21.6. The lowest BCUT2D eigenvalue weighted by Gasteiger charge is -2.35. The fourth-order valence-electron chi connectivity index (χ4n) is 4.11. The predicted molar refractivity (Wildman–Crippen MR) is 109 cm³/mol. The van der Waals surface area contributed by atoms with Gasteiger partial charge < -0.3 is 10.6 Å². The Morgan fingerprint density at radius 1 is 1.20 bits per heavy atom. The minimum absolute atomic E-state index is 0.110. The van der Waals surface area contributed by atoms with E-state index in [2.05, 4.69) is 5.10 Å². The van der Waals surface area contributed by atoms with Crippen molar-refractivity contribution in [3.05, 3.63) is 39.5 Å². The summed E-state index contributed by atoms with van der Waals surface area (Å²) in [7, 11) is 0.